The van der Waals surface area contributed by atoms with Crippen molar-refractivity contribution >= 4 is 11.8 Å². The minimum Gasteiger partial charge on any atom is -0.479 e. The molecule has 15 heavy (non-hydrogen) atoms. The molecule has 2 atom stereocenters. The molecule has 0 saturated carbocycles. The third-order valence-corrected chi connectivity index (χ3v) is 1.77. The third-order valence-electron chi connectivity index (χ3n) is 1.77. The summed E-state index contributed by atoms with van der Waals surface area (Å²) in [5, 5.41) is 27.0. The van der Waals surface area contributed by atoms with Crippen molar-refractivity contribution in [2.45, 2.75) is 12.2 Å². The minimum absolute atomic E-state index is 0.0281. The number of aromatic nitrogens is 1. The van der Waals surface area contributed by atoms with Gasteiger partial charge in [0.15, 0.2) is 6.10 Å². The van der Waals surface area contributed by atoms with Crippen molar-refractivity contribution in [3.8, 4) is 0 Å². The first-order chi connectivity index (χ1) is 7.06. The van der Waals surface area contributed by atoms with E-state index in [1.807, 2.05) is 0 Å². The van der Waals surface area contributed by atoms with Crippen molar-refractivity contribution in [1.29, 1.82) is 0 Å². The summed E-state index contributed by atoms with van der Waals surface area (Å²) >= 11 is 0. The lowest BCUT2D eigenvalue weighted by atomic mass is 10.1. The fourth-order valence-electron chi connectivity index (χ4n) is 0.993. The number of nitrogens with two attached hydrogens (primary N) is 1. The fourth-order valence-corrected chi connectivity index (χ4v) is 0.993. The predicted molar refractivity (Wildman–Crippen MR) is 50.6 cm³/mol. The highest BCUT2D eigenvalue weighted by Crippen LogP contribution is 2.16. The quantitative estimate of drug-likeness (QED) is 0.315. The van der Waals surface area contributed by atoms with E-state index < -0.39 is 18.2 Å². The summed E-state index contributed by atoms with van der Waals surface area (Å²) in [7, 11) is 0. The van der Waals surface area contributed by atoms with Crippen molar-refractivity contribution in [1.82, 2.24) is 4.98 Å². The maximum atomic E-state index is 10.4. The van der Waals surface area contributed by atoms with Crippen molar-refractivity contribution < 1.29 is 20.1 Å². The summed E-state index contributed by atoms with van der Waals surface area (Å²) in [4.78, 5) is 14.2. The summed E-state index contributed by atoms with van der Waals surface area (Å²) in [5.74, 6) is 3.83. The molecular formula is C8H11N3O4. The molecule has 1 heterocycles. The van der Waals surface area contributed by atoms with Gasteiger partial charge in [0.2, 0.25) is 0 Å². The number of pyridine rings is 1. The van der Waals surface area contributed by atoms with Gasteiger partial charge in [-0.05, 0) is 12.1 Å². The van der Waals surface area contributed by atoms with E-state index in [1.165, 1.54) is 18.2 Å². The Morgan fingerprint density at radius 1 is 1.47 bits per heavy atom. The number of hydrogen-bond acceptors (Lipinski definition) is 6. The molecule has 0 bridgehead atoms. The number of carboxylic acid groups (broad SMARTS) is 1. The summed E-state index contributed by atoms with van der Waals surface area (Å²) in [5.41, 5.74) is 2.27. The van der Waals surface area contributed by atoms with Crippen LogP contribution in [-0.2, 0) is 4.79 Å². The highest BCUT2D eigenvalue weighted by atomic mass is 16.4. The van der Waals surface area contributed by atoms with E-state index in [9.17, 15) is 9.90 Å². The van der Waals surface area contributed by atoms with Gasteiger partial charge >= 0.3 is 5.97 Å². The Morgan fingerprint density at radius 3 is 2.67 bits per heavy atom. The first kappa shape index (κ1) is 11.4. The van der Waals surface area contributed by atoms with E-state index in [1.54, 1.807) is 0 Å². The first-order valence-electron chi connectivity index (χ1n) is 4.08. The average molecular weight is 213 g/mol. The number of hydrogen-bond donors (Lipinski definition) is 5. The summed E-state index contributed by atoms with van der Waals surface area (Å²) in [6, 6.07) is 4.44. The highest BCUT2D eigenvalue weighted by molar-refractivity contribution is 5.72. The lowest BCUT2D eigenvalue weighted by Gasteiger charge is -2.13. The zero-order valence-corrected chi connectivity index (χ0v) is 7.66. The maximum absolute atomic E-state index is 10.4. The van der Waals surface area contributed by atoms with Gasteiger partial charge in [-0.25, -0.2) is 15.6 Å². The molecule has 1 aromatic rings. The Bertz CT molecular complexity index is 357. The summed E-state index contributed by atoms with van der Waals surface area (Å²) in [6.45, 7) is 0. The van der Waals surface area contributed by atoms with Crippen LogP contribution in [0.2, 0.25) is 0 Å². The number of aliphatic hydroxyl groups is 2. The van der Waals surface area contributed by atoms with Crippen LogP contribution in [0.3, 0.4) is 0 Å². The molecule has 82 valence electrons. The van der Waals surface area contributed by atoms with Crippen molar-refractivity contribution in [2.24, 2.45) is 5.84 Å². The van der Waals surface area contributed by atoms with Gasteiger partial charge in [-0.15, -0.1) is 0 Å². The monoisotopic (exact) mass is 213 g/mol. The van der Waals surface area contributed by atoms with Gasteiger partial charge < -0.3 is 20.7 Å². The highest BCUT2D eigenvalue weighted by Gasteiger charge is 2.26. The fraction of sp³-hybridized carbons (Fsp3) is 0.250. The van der Waals surface area contributed by atoms with Crippen LogP contribution in [-0.4, -0.2) is 32.4 Å². The SMILES string of the molecule is NNc1cccc(C(O)C(O)C(=O)O)n1. The van der Waals surface area contributed by atoms with Gasteiger partial charge in [0.25, 0.3) is 0 Å². The normalized spacial score (nSPS) is 14.3. The largest absolute Gasteiger partial charge is 0.479 e. The van der Waals surface area contributed by atoms with Crippen LogP contribution in [0.4, 0.5) is 5.82 Å². The predicted octanol–water partition coefficient (Wildman–Crippen LogP) is -1.15. The lowest BCUT2D eigenvalue weighted by Crippen LogP contribution is -2.28. The Hall–Kier alpha value is -1.70. The third kappa shape index (κ3) is 2.62. The molecule has 0 fully saturated rings. The molecule has 6 N–H and O–H groups in total. The van der Waals surface area contributed by atoms with Crippen LogP contribution in [0, 0.1) is 0 Å². The van der Waals surface area contributed by atoms with Crippen LogP contribution in [0.15, 0.2) is 18.2 Å². The molecule has 0 aliphatic rings. The molecule has 7 heteroatoms. The van der Waals surface area contributed by atoms with Crippen molar-refractivity contribution in [3.05, 3.63) is 23.9 Å². The number of nitrogens with one attached hydrogen (secondary N) is 1. The van der Waals surface area contributed by atoms with Gasteiger partial charge in [-0.2, -0.15) is 0 Å². The number of nitrogens with zero attached hydrogens (tertiary/aromatic N) is 1. The number of hydrazine groups is 1. The Balaban J connectivity index is 2.90. The van der Waals surface area contributed by atoms with Gasteiger partial charge in [-0.1, -0.05) is 6.07 Å². The van der Waals surface area contributed by atoms with Gasteiger partial charge in [0, 0.05) is 0 Å². The Kier molecular flexibility index (Phi) is 3.56. The number of carbonyl (C=O) groups is 1. The number of aliphatic carboxylic acids is 1. The van der Waals surface area contributed by atoms with Gasteiger partial charge in [-0.3, -0.25) is 0 Å². The van der Waals surface area contributed by atoms with Crippen LogP contribution in [0.25, 0.3) is 0 Å². The molecule has 0 aliphatic heterocycles. The molecule has 0 spiro atoms. The molecule has 7 nitrogen and oxygen atoms in total. The zero-order valence-electron chi connectivity index (χ0n) is 7.66. The molecule has 2 unspecified atom stereocenters. The number of aliphatic hydroxyl groups excluding tert-OH is 2. The van der Waals surface area contributed by atoms with E-state index >= 15 is 0 Å². The molecular weight excluding hydrogens is 202 g/mol. The van der Waals surface area contributed by atoms with Crippen LogP contribution >= 0.6 is 0 Å². The second kappa shape index (κ2) is 4.69. The number of anilines is 1. The number of carboxylic acids is 1. The summed E-state index contributed by atoms with van der Waals surface area (Å²) < 4.78 is 0. The molecule has 0 aliphatic carbocycles. The number of rotatable bonds is 4. The van der Waals surface area contributed by atoms with E-state index in [2.05, 4.69) is 10.4 Å². The van der Waals surface area contributed by atoms with E-state index in [0.717, 1.165) is 0 Å². The average Bonchev–Trinajstić information content (AvgIpc) is 2.27. The van der Waals surface area contributed by atoms with Crippen molar-refractivity contribution in [3.63, 3.8) is 0 Å². The second-order valence-electron chi connectivity index (χ2n) is 2.82. The van der Waals surface area contributed by atoms with Gasteiger partial charge in [0.05, 0.1) is 5.69 Å². The minimum atomic E-state index is -1.91. The lowest BCUT2D eigenvalue weighted by molar-refractivity contribution is -0.153. The molecule has 1 rings (SSSR count). The van der Waals surface area contributed by atoms with E-state index in [-0.39, 0.29) is 11.5 Å². The van der Waals surface area contributed by atoms with Crippen LogP contribution in [0.1, 0.15) is 11.8 Å². The van der Waals surface area contributed by atoms with E-state index in [4.69, 9.17) is 16.1 Å². The molecule has 0 aromatic carbocycles. The topological polar surface area (TPSA) is 129 Å². The number of nitrogen functional groups attached to an aromatic ring is 1. The van der Waals surface area contributed by atoms with E-state index in [0.29, 0.717) is 0 Å². The smallest absolute Gasteiger partial charge is 0.335 e. The molecule has 0 amide bonds. The molecule has 0 radical (unpaired) electrons. The Morgan fingerprint density at radius 2 is 2.13 bits per heavy atom. The molecule has 0 saturated heterocycles. The maximum Gasteiger partial charge on any atom is 0.335 e. The summed E-state index contributed by atoms with van der Waals surface area (Å²) in [6.07, 6.45) is -3.50. The standard InChI is InChI=1S/C8H11N3O4/c9-11-5-3-1-2-4(10-5)6(12)7(13)8(14)15/h1-3,6-7,12-13H,9H2,(H,10,11)(H,14,15). The van der Waals surface area contributed by atoms with Crippen LogP contribution < -0.4 is 11.3 Å². The Labute approximate surface area is 85.1 Å². The van der Waals surface area contributed by atoms with Gasteiger partial charge in [0.1, 0.15) is 11.9 Å². The second-order valence-corrected chi connectivity index (χ2v) is 2.82. The molecule has 1 aromatic heterocycles. The van der Waals surface area contributed by atoms with Crippen molar-refractivity contribution in [2.75, 3.05) is 5.43 Å². The zero-order chi connectivity index (χ0) is 11.4. The first-order valence-corrected chi connectivity index (χ1v) is 4.08. The van der Waals surface area contributed by atoms with Crippen LogP contribution in [0.5, 0.6) is 0 Å².